The third kappa shape index (κ3) is 2.40. The van der Waals surface area contributed by atoms with Crippen LogP contribution in [0.2, 0.25) is 5.02 Å². The van der Waals surface area contributed by atoms with Gasteiger partial charge >= 0.3 is 5.97 Å². The predicted octanol–water partition coefficient (Wildman–Crippen LogP) is 3.95. The summed E-state index contributed by atoms with van der Waals surface area (Å²) in [5, 5.41) is 1.81. The van der Waals surface area contributed by atoms with E-state index in [1.165, 1.54) is 5.56 Å². The molecule has 0 saturated carbocycles. The number of esters is 1. The zero-order valence-electron chi connectivity index (χ0n) is 12.9. The van der Waals surface area contributed by atoms with Crippen molar-refractivity contribution in [1.82, 2.24) is 4.98 Å². The molecule has 2 heterocycles. The van der Waals surface area contributed by atoms with Crippen molar-refractivity contribution in [2.45, 2.75) is 38.7 Å². The van der Waals surface area contributed by atoms with Gasteiger partial charge < -0.3 is 14.5 Å². The molecule has 1 aromatic heterocycles. The highest BCUT2D eigenvalue weighted by Crippen LogP contribution is 2.42. The number of ether oxygens (including phenoxy) is 2. The third-order valence-electron chi connectivity index (χ3n) is 4.38. The van der Waals surface area contributed by atoms with E-state index >= 15 is 0 Å². The summed E-state index contributed by atoms with van der Waals surface area (Å²) in [6.07, 6.45) is 1.73. The maximum absolute atomic E-state index is 12.0. The third-order valence-corrected chi connectivity index (χ3v) is 4.70. The summed E-state index contributed by atoms with van der Waals surface area (Å²) in [6, 6.07) is 5.88. The molecule has 1 unspecified atom stereocenters. The van der Waals surface area contributed by atoms with Crippen molar-refractivity contribution in [3.8, 4) is 0 Å². The molecule has 0 fully saturated rings. The number of carbonyl (C=O) groups is 1. The summed E-state index contributed by atoms with van der Waals surface area (Å²) in [7, 11) is 0. The van der Waals surface area contributed by atoms with Crippen LogP contribution in [0.15, 0.2) is 18.2 Å². The molecule has 0 saturated heterocycles. The second kappa shape index (κ2) is 5.94. The van der Waals surface area contributed by atoms with Gasteiger partial charge in [0, 0.05) is 5.39 Å². The highest BCUT2D eigenvalue weighted by Gasteiger charge is 2.41. The Kier molecular flexibility index (Phi) is 4.15. The van der Waals surface area contributed by atoms with Crippen molar-refractivity contribution in [2.24, 2.45) is 0 Å². The Bertz CT molecular complexity index is 709. The standard InChI is InChI=1S/C17H20ClNO3/c1-3-17(10-14(20)21-4-2)16-12(8-9-22-17)11-6-5-7-13(18)15(11)19-16/h5-7,19H,3-4,8-10H2,1-2H3. The number of rotatable bonds is 4. The maximum Gasteiger partial charge on any atom is 0.309 e. The van der Waals surface area contributed by atoms with Crippen LogP contribution in [0.1, 0.15) is 37.9 Å². The average molecular weight is 322 g/mol. The minimum Gasteiger partial charge on any atom is -0.466 e. The van der Waals surface area contributed by atoms with Crippen molar-refractivity contribution in [2.75, 3.05) is 13.2 Å². The molecule has 1 aliphatic heterocycles. The zero-order valence-corrected chi connectivity index (χ0v) is 13.6. The van der Waals surface area contributed by atoms with Gasteiger partial charge in [0.2, 0.25) is 0 Å². The first kappa shape index (κ1) is 15.4. The first-order chi connectivity index (χ1) is 10.6. The van der Waals surface area contributed by atoms with E-state index in [9.17, 15) is 4.79 Å². The van der Waals surface area contributed by atoms with Gasteiger partial charge in [0.05, 0.1) is 35.9 Å². The van der Waals surface area contributed by atoms with Crippen LogP contribution < -0.4 is 0 Å². The van der Waals surface area contributed by atoms with Crippen LogP contribution in [0.25, 0.3) is 10.9 Å². The van der Waals surface area contributed by atoms with Crippen LogP contribution in [0.4, 0.5) is 0 Å². The van der Waals surface area contributed by atoms with Gasteiger partial charge in [-0.25, -0.2) is 0 Å². The van der Waals surface area contributed by atoms with Gasteiger partial charge in [-0.15, -0.1) is 0 Å². The van der Waals surface area contributed by atoms with E-state index < -0.39 is 5.60 Å². The molecule has 0 radical (unpaired) electrons. The lowest BCUT2D eigenvalue weighted by Gasteiger charge is -2.36. The molecule has 0 bridgehead atoms. The molecular formula is C17H20ClNO3. The fraction of sp³-hybridized carbons (Fsp3) is 0.471. The number of aromatic amines is 1. The number of hydrogen-bond acceptors (Lipinski definition) is 3. The minimum absolute atomic E-state index is 0.217. The molecule has 0 spiro atoms. The van der Waals surface area contributed by atoms with Gasteiger partial charge in [-0.05, 0) is 31.4 Å². The van der Waals surface area contributed by atoms with E-state index in [1.807, 2.05) is 26.0 Å². The summed E-state index contributed by atoms with van der Waals surface area (Å²) in [6.45, 7) is 4.82. The smallest absolute Gasteiger partial charge is 0.309 e. The Morgan fingerprint density at radius 3 is 3.00 bits per heavy atom. The van der Waals surface area contributed by atoms with Crippen LogP contribution in [-0.4, -0.2) is 24.2 Å². The zero-order chi connectivity index (χ0) is 15.7. The normalized spacial score (nSPS) is 20.9. The molecule has 3 rings (SSSR count). The first-order valence-corrected chi connectivity index (χ1v) is 8.08. The summed E-state index contributed by atoms with van der Waals surface area (Å²) < 4.78 is 11.2. The first-order valence-electron chi connectivity index (χ1n) is 7.70. The molecule has 5 heteroatoms. The van der Waals surface area contributed by atoms with Crippen molar-refractivity contribution in [3.05, 3.63) is 34.5 Å². The van der Waals surface area contributed by atoms with Gasteiger partial charge in [0.25, 0.3) is 0 Å². The van der Waals surface area contributed by atoms with Gasteiger partial charge in [0.1, 0.15) is 5.60 Å². The fourth-order valence-electron chi connectivity index (χ4n) is 3.30. The number of fused-ring (bicyclic) bond motifs is 3. The highest BCUT2D eigenvalue weighted by atomic mass is 35.5. The number of hydrogen-bond donors (Lipinski definition) is 1. The summed E-state index contributed by atoms with van der Waals surface area (Å²) in [5.74, 6) is -0.234. The molecule has 1 aromatic carbocycles. The Morgan fingerprint density at radius 2 is 2.27 bits per heavy atom. The number of aromatic nitrogens is 1. The van der Waals surface area contributed by atoms with Crippen molar-refractivity contribution in [3.63, 3.8) is 0 Å². The summed E-state index contributed by atoms with van der Waals surface area (Å²) in [5.41, 5.74) is 2.44. The molecule has 1 aliphatic rings. The lowest BCUT2D eigenvalue weighted by molar-refractivity contribution is -0.154. The van der Waals surface area contributed by atoms with E-state index in [0.29, 0.717) is 24.7 Å². The lowest BCUT2D eigenvalue weighted by Crippen LogP contribution is -2.37. The summed E-state index contributed by atoms with van der Waals surface area (Å²) in [4.78, 5) is 15.4. The Hall–Kier alpha value is -1.52. The molecule has 2 aromatic rings. The van der Waals surface area contributed by atoms with E-state index in [0.717, 1.165) is 23.0 Å². The van der Waals surface area contributed by atoms with E-state index in [1.54, 1.807) is 0 Å². The second-order valence-electron chi connectivity index (χ2n) is 5.57. The van der Waals surface area contributed by atoms with Gasteiger partial charge in [0.15, 0.2) is 0 Å². The van der Waals surface area contributed by atoms with E-state index in [2.05, 4.69) is 11.1 Å². The number of halogens is 1. The largest absolute Gasteiger partial charge is 0.466 e. The molecular weight excluding hydrogens is 302 g/mol. The van der Waals surface area contributed by atoms with Crippen molar-refractivity contribution >= 4 is 28.5 Å². The lowest BCUT2D eigenvalue weighted by atomic mass is 9.86. The number of benzene rings is 1. The molecule has 22 heavy (non-hydrogen) atoms. The van der Waals surface area contributed by atoms with Gasteiger partial charge in [-0.1, -0.05) is 30.7 Å². The van der Waals surface area contributed by atoms with Crippen LogP contribution >= 0.6 is 11.6 Å². The number of nitrogens with one attached hydrogen (secondary N) is 1. The van der Waals surface area contributed by atoms with Crippen LogP contribution in [0.3, 0.4) is 0 Å². The molecule has 0 amide bonds. The molecule has 1 N–H and O–H groups in total. The molecule has 1 atom stereocenters. The second-order valence-corrected chi connectivity index (χ2v) is 5.98. The fourth-order valence-corrected chi connectivity index (χ4v) is 3.52. The molecule has 0 aliphatic carbocycles. The summed E-state index contributed by atoms with van der Waals surface area (Å²) >= 11 is 6.30. The van der Waals surface area contributed by atoms with Crippen molar-refractivity contribution < 1.29 is 14.3 Å². The minimum atomic E-state index is -0.651. The number of H-pyrrole nitrogens is 1. The average Bonchev–Trinajstić information content (AvgIpc) is 2.89. The Balaban J connectivity index is 2.11. The van der Waals surface area contributed by atoms with Crippen LogP contribution in [0.5, 0.6) is 0 Å². The SMILES string of the molecule is CCOC(=O)CC1(CC)OCCc2c1[nH]c1c(Cl)cccc21. The van der Waals surface area contributed by atoms with Crippen LogP contribution in [-0.2, 0) is 26.3 Å². The van der Waals surface area contributed by atoms with Crippen molar-refractivity contribution in [1.29, 1.82) is 0 Å². The maximum atomic E-state index is 12.0. The number of carbonyl (C=O) groups excluding carboxylic acids is 1. The van der Waals surface area contributed by atoms with Gasteiger partial charge in [-0.3, -0.25) is 4.79 Å². The Morgan fingerprint density at radius 1 is 1.45 bits per heavy atom. The molecule has 118 valence electrons. The topological polar surface area (TPSA) is 51.3 Å². The van der Waals surface area contributed by atoms with E-state index in [-0.39, 0.29) is 12.4 Å². The van der Waals surface area contributed by atoms with Gasteiger partial charge in [-0.2, -0.15) is 0 Å². The number of para-hydroxylation sites is 1. The highest BCUT2D eigenvalue weighted by molar-refractivity contribution is 6.35. The predicted molar refractivity (Wildman–Crippen MR) is 86.2 cm³/mol. The monoisotopic (exact) mass is 321 g/mol. The van der Waals surface area contributed by atoms with Crippen LogP contribution in [0, 0.1) is 0 Å². The Labute approximate surface area is 134 Å². The van der Waals surface area contributed by atoms with E-state index in [4.69, 9.17) is 21.1 Å². The quantitative estimate of drug-likeness (QED) is 0.867. The molecule has 4 nitrogen and oxygen atoms in total.